The zero-order valence-corrected chi connectivity index (χ0v) is 18.7. The number of nitrogens with one attached hydrogen (secondary N) is 1. The third-order valence-corrected chi connectivity index (χ3v) is 6.74. The maximum atomic E-state index is 12.4. The van der Waals surface area contributed by atoms with E-state index < -0.39 is 0 Å². The summed E-state index contributed by atoms with van der Waals surface area (Å²) in [6.45, 7) is 8.44. The van der Waals surface area contributed by atoms with Gasteiger partial charge in [0.15, 0.2) is 10.3 Å². The summed E-state index contributed by atoms with van der Waals surface area (Å²) in [6.07, 6.45) is 2.37. The number of hydrogen-bond donors (Lipinski definition) is 1. The molecule has 4 rings (SSSR count). The van der Waals surface area contributed by atoms with E-state index in [0.717, 1.165) is 22.2 Å². The molecule has 1 fully saturated rings. The fourth-order valence-electron chi connectivity index (χ4n) is 3.14. The van der Waals surface area contributed by atoms with E-state index >= 15 is 0 Å². The first-order valence-electron chi connectivity index (χ1n) is 9.83. The average molecular weight is 428 g/mol. The highest BCUT2D eigenvalue weighted by Gasteiger charge is 2.31. The van der Waals surface area contributed by atoms with Gasteiger partial charge in [-0.3, -0.25) is 4.79 Å². The molecule has 152 valence electrons. The van der Waals surface area contributed by atoms with E-state index in [9.17, 15) is 4.79 Å². The van der Waals surface area contributed by atoms with Crippen molar-refractivity contribution in [1.29, 1.82) is 0 Å². The van der Waals surface area contributed by atoms with Gasteiger partial charge in [-0.05, 0) is 57.7 Å². The predicted molar refractivity (Wildman–Crippen MR) is 119 cm³/mol. The minimum atomic E-state index is -0.0812. The van der Waals surface area contributed by atoms with Crippen LogP contribution in [0.2, 0.25) is 0 Å². The van der Waals surface area contributed by atoms with Crippen LogP contribution in [0.3, 0.4) is 0 Å². The number of anilines is 1. The molecule has 29 heavy (non-hydrogen) atoms. The van der Waals surface area contributed by atoms with Gasteiger partial charge in [0.25, 0.3) is 0 Å². The highest BCUT2D eigenvalue weighted by molar-refractivity contribution is 7.99. The second-order valence-corrected chi connectivity index (χ2v) is 9.55. The molecule has 0 aliphatic heterocycles. The molecule has 1 aliphatic rings. The number of thiazole rings is 1. The molecule has 1 aliphatic carbocycles. The van der Waals surface area contributed by atoms with Crippen molar-refractivity contribution >= 4 is 34.1 Å². The first kappa shape index (κ1) is 20.1. The number of benzene rings is 1. The molecule has 1 N–H and O–H groups in total. The second kappa shape index (κ2) is 8.28. The van der Waals surface area contributed by atoms with E-state index in [0.29, 0.717) is 11.0 Å². The summed E-state index contributed by atoms with van der Waals surface area (Å²) in [5, 5.41) is 15.0. The molecule has 1 saturated carbocycles. The van der Waals surface area contributed by atoms with Crippen molar-refractivity contribution in [2.24, 2.45) is 0 Å². The predicted octanol–water partition coefficient (Wildman–Crippen LogP) is 5.21. The van der Waals surface area contributed by atoms with Gasteiger partial charge >= 0.3 is 0 Å². The summed E-state index contributed by atoms with van der Waals surface area (Å²) in [5.74, 6) is 1.80. The fraction of sp³-hybridized carbons (Fsp3) is 0.429. The molecule has 2 heterocycles. The highest BCUT2D eigenvalue weighted by Crippen LogP contribution is 2.41. The van der Waals surface area contributed by atoms with Crippen LogP contribution in [0.25, 0.3) is 11.3 Å². The summed E-state index contributed by atoms with van der Waals surface area (Å²) in [7, 11) is 0. The summed E-state index contributed by atoms with van der Waals surface area (Å²) in [4.78, 5) is 17.0. The number of aryl methyl sites for hydroxylation is 2. The van der Waals surface area contributed by atoms with Crippen molar-refractivity contribution in [3.8, 4) is 11.3 Å². The molecule has 2 aromatic heterocycles. The maximum Gasteiger partial charge on any atom is 0.236 e. The minimum Gasteiger partial charge on any atom is -0.303 e. The van der Waals surface area contributed by atoms with Gasteiger partial charge in [-0.1, -0.05) is 23.9 Å². The number of nitrogens with zero attached hydrogens (tertiary/aromatic N) is 4. The Kier molecular flexibility index (Phi) is 5.74. The summed E-state index contributed by atoms with van der Waals surface area (Å²) in [5.41, 5.74) is 4.44. The topological polar surface area (TPSA) is 72.7 Å². The molecule has 1 aromatic carbocycles. The van der Waals surface area contributed by atoms with Crippen LogP contribution in [0.15, 0.2) is 28.7 Å². The van der Waals surface area contributed by atoms with Crippen LogP contribution in [0.5, 0.6) is 0 Å². The summed E-state index contributed by atoms with van der Waals surface area (Å²) in [6, 6.07) is 6.57. The molecule has 1 amide bonds. The van der Waals surface area contributed by atoms with Crippen molar-refractivity contribution in [3.63, 3.8) is 0 Å². The number of amides is 1. The van der Waals surface area contributed by atoms with Gasteiger partial charge < -0.3 is 9.88 Å². The van der Waals surface area contributed by atoms with Gasteiger partial charge in [0.2, 0.25) is 5.91 Å². The second-order valence-electron chi connectivity index (χ2n) is 7.75. The van der Waals surface area contributed by atoms with Crippen LogP contribution >= 0.6 is 23.1 Å². The Hall–Kier alpha value is -2.19. The van der Waals surface area contributed by atoms with Crippen molar-refractivity contribution < 1.29 is 4.79 Å². The lowest BCUT2D eigenvalue weighted by atomic mass is 10.1. The Labute approximate surface area is 179 Å². The highest BCUT2D eigenvalue weighted by atomic mass is 32.2. The first-order valence-corrected chi connectivity index (χ1v) is 11.7. The van der Waals surface area contributed by atoms with E-state index in [4.69, 9.17) is 0 Å². The monoisotopic (exact) mass is 427 g/mol. The normalized spacial score (nSPS) is 13.8. The molecular weight excluding hydrogens is 402 g/mol. The van der Waals surface area contributed by atoms with Gasteiger partial charge in [0.1, 0.15) is 5.82 Å². The standard InChI is InChI=1S/C21H25N5OS2/c1-12(2)26-19(15-7-8-15)24-25-21(26)29-11-18(27)23-20-22-17(10-28-20)16-6-5-13(3)14(4)9-16/h5-6,9-10,12,15H,7-8,11H2,1-4H3,(H,22,23,27). The molecule has 0 bridgehead atoms. The van der Waals surface area contributed by atoms with Crippen LogP contribution in [0.4, 0.5) is 5.13 Å². The molecule has 3 aromatic rings. The molecule has 0 radical (unpaired) electrons. The third kappa shape index (κ3) is 4.53. The fourth-order valence-corrected chi connectivity index (χ4v) is 4.75. The first-order chi connectivity index (χ1) is 13.9. The average Bonchev–Trinajstić information content (AvgIpc) is 3.26. The zero-order chi connectivity index (χ0) is 20.5. The third-order valence-electron chi connectivity index (χ3n) is 5.04. The van der Waals surface area contributed by atoms with E-state index in [1.165, 1.54) is 47.1 Å². The lowest BCUT2D eigenvalue weighted by Gasteiger charge is -2.13. The van der Waals surface area contributed by atoms with Crippen LogP contribution in [-0.2, 0) is 4.79 Å². The summed E-state index contributed by atoms with van der Waals surface area (Å²) < 4.78 is 2.16. The van der Waals surface area contributed by atoms with Crippen molar-refractivity contribution in [3.05, 3.63) is 40.5 Å². The molecule has 0 unspecified atom stereocenters. The Morgan fingerprint density at radius 1 is 1.28 bits per heavy atom. The van der Waals surface area contributed by atoms with Crippen molar-refractivity contribution in [2.45, 2.75) is 57.7 Å². The van der Waals surface area contributed by atoms with Gasteiger partial charge in [-0.15, -0.1) is 21.5 Å². The molecular formula is C21H25N5OS2. The number of hydrogen-bond acceptors (Lipinski definition) is 6. The van der Waals surface area contributed by atoms with E-state index in [1.54, 1.807) is 0 Å². The van der Waals surface area contributed by atoms with Crippen LogP contribution in [0, 0.1) is 13.8 Å². The summed E-state index contributed by atoms with van der Waals surface area (Å²) >= 11 is 2.87. The Bertz CT molecular complexity index is 1040. The molecule has 6 nitrogen and oxygen atoms in total. The van der Waals surface area contributed by atoms with Gasteiger partial charge in [0, 0.05) is 22.9 Å². The Morgan fingerprint density at radius 2 is 2.07 bits per heavy atom. The smallest absolute Gasteiger partial charge is 0.236 e. The Morgan fingerprint density at radius 3 is 2.76 bits per heavy atom. The largest absolute Gasteiger partial charge is 0.303 e. The number of thioether (sulfide) groups is 1. The molecule has 8 heteroatoms. The molecule has 0 atom stereocenters. The lowest BCUT2D eigenvalue weighted by Crippen LogP contribution is -2.15. The van der Waals surface area contributed by atoms with Crippen LogP contribution in [0.1, 0.15) is 55.6 Å². The van der Waals surface area contributed by atoms with Gasteiger partial charge in [0.05, 0.1) is 11.4 Å². The number of carbonyl (C=O) groups excluding carboxylic acids is 1. The Balaban J connectivity index is 1.38. The van der Waals surface area contributed by atoms with Gasteiger partial charge in [-0.25, -0.2) is 4.98 Å². The lowest BCUT2D eigenvalue weighted by molar-refractivity contribution is -0.113. The van der Waals surface area contributed by atoms with Crippen LogP contribution in [-0.4, -0.2) is 31.4 Å². The zero-order valence-electron chi connectivity index (χ0n) is 17.1. The van der Waals surface area contributed by atoms with Gasteiger partial charge in [-0.2, -0.15) is 0 Å². The van der Waals surface area contributed by atoms with Crippen molar-refractivity contribution in [2.75, 3.05) is 11.1 Å². The molecule has 0 saturated heterocycles. The maximum absolute atomic E-state index is 12.4. The molecule has 0 spiro atoms. The SMILES string of the molecule is Cc1ccc(-c2csc(NC(=O)CSc3nnc(C4CC4)n3C(C)C)n2)cc1C. The minimum absolute atomic E-state index is 0.0812. The van der Waals surface area contributed by atoms with Crippen molar-refractivity contribution in [1.82, 2.24) is 19.7 Å². The van der Waals surface area contributed by atoms with E-state index in [-0.39, 0.29) is 17.7 Å². The number of carbonyl (C=O) groups is 1. The van der Waals surface area contributed by atoms with E-state index in [1.807, 2.05) is 5.38 Å². The van der Waals surface area contributed by atoms with Crippen LogP contribution < -0.4 is 5.32 Å². The van der Waals surface area contributed by atoms with E-state index in [2.05, 4.69) is 71.0 Å². The number of aromatic nitrogens is 4. The number of rotatable bonds is 7. The quantitative estimate of drug-likeness (QED) is 0.524.